The van der Waals surface area contributed by atoms with Crippen LogP contribution in [0.15, 0.2) is 66.7 Å². The molecule has 0 spiro atoms. The van der Waals surface area contributed by atoms with Crippen LogP contribution in [0.25, 0.3) is 0 Å². The third-order valence-electron chi connectivity index (χ3n) is 6.97. The zero-order valence-corrected chi connectivity index (χ0v) is 17.5. The van der Waals surface area contributed by atoms with Gasteiger partial charge >= 0.3 is 0 Å². The van der Waals surface area contributed by atoms with Gasteiger partial charge in [-0.3, -0.25) is 19.3 Å². The van der Waals surface area contributed by atoms with E-state index in [0.717, 1.165) is 24.0 Å². The van der Waals surface area contributed by atoms with Crippen LogP contribution in [0, 0.1) is 30.6 Å². The average Bonchev–Trinajstić information content (AvgIpc) is 3.06. The second-order valence-corrected chi connectivity index (χ2v) is 8.94. The van der Waals surface area contributed by atoms with Gasteiger partial charge in [-0.25, -0.2) is 0 Å². The van der Waals surface area contributed by atoms with Crippen LogP contribution in [0.1, 0.15) is 36.4 Å². The number of likely N-dealkylation sites (tertiary alicyclic amines) is 1. The van der Waals surface area contributed by atoms with Gasteiger partial charge in [-0.2, -0.15) is 0 Å². The molecule has 1 heterocycles. The van der Waals surface area contributed by atoms with Gasteiger partial charge in [-0.1, -0.05) is 54.6 Å². The van der Waals surface area contributed by atoms with E-state index in [1.54, 1.807) is 0 Å². The van der Waals surface area contributed by atoms with E-state index in [2.05, 4.69) is 17.5 Å². The van der Waals surface area contributed by atoms with Crippen molar-refractivity contribution < 1.29 is 14.4 Å². The number of fused-ring (bicyclic) bond motifs is 1. The maximum absolute atomic E-state index is 13.5. The molecule has 2 bridgehead atoms. The van der Waals surface area contributed by atoms with E-state index in [9.17, 15) is 14.4 Å². The number of rotatable bonds is 5. The lowest BCUT2D eigenvalue weighted by Crippen LogP contribution is -2.38. The topological polar surface area (TPSA) is 66.5 Å². The van der Waals surface area contributed by atoms with Gasteiger partial charge in [0, 0.05) is 5.69 Å². The molecule has 5 unspecified atom stereocenters. The molecular formula is C26H26N2O3. The van der Waals surface area contributed by atoms with Crippen LogP contribution < -0.4 is 5.32 Å². The molecule has 5 atom stereocenters. The fraction of sp³-hybridized carbons (Fsp3) is 0.346. The summed E-state index contributed by atoms with van der Waals surface area (Å²) >= 11 is 0. The predicted molar refractivity (Wildman–Crippen MR) is 118 cm³/mol. The molecule has 1 N–H and O–H groups in total. The van der Waals surface area contributed by atoms with Crippen LogP contribution in [-0.4, -0.2) is 22.6 Å². The summed E-state index contributed by atoms with van der Waals surface area (Å²) in [6.07, 6.45) is 6.19. The second-order valence-electron chi connectivity index (χ2n) is 8.94. The van der Waals surface area contributed by atoms with Gasteiger partial charge in [-0.15, -0.1) is 0 Å². The Balaban J connectivity index is 1.44. The quantitative estimate of drug-likeness (QED) is 0.587. The van der Waals surface area contributed by atoms with Crippen molar-refractivity contribution in [3.05, 3.63) is 77.9 Å². The van der Waals surface area contributed by atoms with Crippen LogP contribution >= 0.6 is 0 Å². The van der Waals surface area contributed by atoms with E-state index in [0.29, 0.717) is 5.69 Å². The summed E-state index contributed by atoms with van der Waals surface area (Å²) in [5, 5.41) is 2.93. The number of imide groups is 1. The summed E-state index contributed by atoms with van der Waals surface area (Å²) in [6.45, 7) is 1.97. The number of hydrogen-bond acceptors (Lipinski definition) is 3. The molecule has 6 rings (SSSR count). The Hall–Kier alpha value is -3.21. The maximum atomic E-state index is 13.5. The van der Waals surface area contributed by atoms with Gasteiger partial charge in [0.05, 0.1) is 24.3 Å². The molecule has 158 valence electrons. The normalized spacial score (nSPS) is 27.3. The highest BCUT2D eigenvalue weighted by Crippen LogP contribution is 2.51. The van der Waals surface area contributed by atoms with Crippen LogP contribution in [-0.2, 0) is 14.4 Å². The molecule has 0 aromatic heterocycles. The highest BCUT2D eigenvalue weighted by molar-refractivity contribution is 6.07. The molecule has 31 heavy (non-hydrogen) atoms. The van der Waals surface area contributed by atoms with Gasteiger partial charge in [0.1, 0.15) is 0 Å². The summed E-state index contributed by atoms with van der Waals surface area (Å²) in [5.74, 6) is -0.735. The van der Waals surface area contributed by atoms with E-state index in [-0.39, 0.29) is 47.8 Å². The highest BCUT2D eigenvalue weighted by Gasteiger charge is 2.58. The Morgan fingerprint density at radius 1 is 0.968 bits per heavy atom. The molecule has 3 aliphatic carbocycles. The molecular weight excluding hydrogens is 388 g/mol. The van der Waals surface area contributed by atoms with E-state index >= 15 is 0 Å². The van der Waals surface area contributed by atoms with Gasteiger partial charge in [-0.05, 0) is 54.9 Å². The van der Waals surface area contributed by atoms with Crippen molar-refractivity contribution in [2.45, 2.75) is 32.2 Å². The summed E-state index contributed by atoms with van der Waals surface area (Å²) in [5.41, 5.74) is 2.57. The Kier molecular flexibility index (Phi) is 4.97. The van der Waals surface area contributed by atoms with Crippen molar-refractivity contribution in [2.24, 2.45) is 23.7 Å². The number of allylic oxidation sites excluding steroid dienone is 2. The Labute approximate surface area is 182 Å². The van der Waals surface area contributed by atoms with Crippen LogP contribution in [0.3, 0.4) is 0 Å². The second kappa shape index (κ2) is 7.80. The number of benzene rings is 2. The van der Waals surface area contributed by atoms with Crippen molar-refractivity contribution in [1.82, 2.24) is 4.90 Å². The molecule has 2 fully saturated rings. The molecule has 5 nitrogen and oxygen atoms in total. The van der Waals surface area contributed by atoms with Crippen molar-refractivity contribution in [3.8, 4) is 0 Å². The first-order valence-corrected chi connectivity index (χ1v) is 11.0. The fourth-order valence-corrected chi connectivity index (χ4v) is 5.55. The molecule has 3 amide bonds. The SMILES string of the molecule is Cc1cccc(NC(=O)CC(c2ccccc2)N2C(=O)C3C4C=CC(CC4)C3C2=O)c1. The van der Waals surface area contributed by atoms with E-state index in [4.69, 9.17) is 0 Å². The van der Waals surface area contributed by atoms with Crippen molar-refractivity contribution in [2.75, 3.05) is 5.32 Å². The Morgan fingerprint density at radius 3 is 2.19 bits per heavy atom. The van der Waals surface area contributed by atoms with E-state index in [1.807, 2.05) is 61.5 Å². The van der Waals surface area contributed by atoms with Crippen LogP contribution in [0.2, 0.25) is 0 Å². The summed E-state index contributed by atoms with van der Waals surface area (Å²) in [6, 6.07) is 16.4. The van der Waals surface area contributed by atoms with E-state index < -0.39 is 6.04 Å². The minimum atomic E-state index is -0.601. The number of anilines is 1. The lowest BCUT2D eigenvalue weighted by Gasteiger charge is -2.38. The standard InChI is InChI=1S/C26H26N2O3/c1-16-6-5-9-20(14-16)27-22(29)15-21(17-7-3-2-4-8-17)28-25(30)23-18-10-11-19(13-12-18)24(23)26(28)31/h2-11,14,18-19,21,23-24H,12-13,15H2,1H3,(H,27,29). The number of nitrogens with zero attached hydrogens (tertiary/aromatic N) is 1. The zero-order valence-electron chi connectivity index (χ0n) is 17.5. The number of amides is 3. The molecule has 1 saturated carbocycles. The number of carbonyl (C=O) groups excluding carboxylic acids is 3. The predicted octanol–water partition coefficient (Wildman–Crippen LogP) is 4.26. The third kappa shape index (κ3) is 3.48. The molecule has 1 saturated heterocycles. The Bertz CT molecular complexity index is 1030. The fourth-order valence-electron chi connectivity index (χ4n) is 5.55. The molecule has 2 aromatic rings. The highest BCUT2D eigenvalue weighted by atomic mass is 16.2. The molecule has 5 heteroatoms. The van der Waals surface area contributed by atoms with Gasteiger partial charge in [0.15, 0.2) is 0 Å². The first-order valence-electron chi connectivity index (χ1n) is 11.0. The van der Waals surface area contributed by atoms with Gasteiger partial charge in [0.25, 0.3) is 0 Å². The summed E-state index contributed by atoms with van der Waals surface area (Å²) in [4.78, 5) is 41.3. The van der Waals surface area contributed by atoms with Crippen LogP contribution in [0.4, 0.5) is 5.69 Å². The number of hydrogen-bond donors (Lipinski definition) is 1. The molecule has 0 radical (unpaired) electrons. The van der Waals surface area contributed by atoms with Crippen molar-refractivity contribution in [1.29, 1.82) is 0 Å². The average molecular weight is 415 g/mol. The van der Waals surface area contributed by atoms with Gasteiger partial charge < -0.3 is 5.32 Å². The minimum absolute atomic E-state index is 0.0393. The molecule has 4 aliphatic rings. The number of aryl methyl sites for hydroxylation is 1. The first kappa shape index (κ1) is 19.7. The zero-order chi connectivity index (χ0) is 21.5. The smallest absolute Gasteiger partial charge is 0.234 e. The van der Waals surface area contributed by atoms with E-state index in [1.165, 1.54) is 4.90 Å². The minimum Gasteiger partial charge on any atom is -0.326 e. The summed E-state index contributed by atoms with van der Waals surface area (Å²) < 4.78 is 0. The third-order valence-corrected chi connectivity index (χ3v) is 6.97. The van der Waals surface area contributed by atoms with Crippen LogP contribution in [0.5, 0.6) is 0 Å². The van der Waals surface area contributed by atoms with Crippen molar-refractivity contribution >= 4 is 23.4 Å². The Morgan fingerprint density at radius 2 is 1.61 bits per heavy atom. The molecule has 2 aromatic carbocycles. The lowest BCUT2D eigenvalue weighted by molar-refractivity contribution is -0.143. The van der Waals surface area contributed by atoms with Crippen molar-refractivity contribution in [3.63, 3.8) is 0 Å². The summed E-state index contributed by atoms with van der Waals surface area (Å²) in [7, 11) is 0. The number of nitrogens with one attached hydrogen (secondary N) is 1. The largest absolute Gasteiger partial charge is 0.326 e. The molecule has 1 aliphatic heterocycles. The monoisotopic (exact) mass is 414 g/mol. The van der Waals surface area contributed by atoms with Gasteiger partial charge in [0.2, 0.25) is 17.7 Å². The lowest BCUT2D eigenvalue weighted by atomic mass is 9.63. The number of carbonyl (C=O) groups is 3. The first-order chi connectivity index (χ1) is 15.0. The maximum Gasteiger partial charge on any atom is 0.234 e.